The second-order valence-electron chi connectivity index (χ2n) is 7.28. The van der Waals surface area contributed by atoms with Gasteiger partial charge in [0, 0.05) is 24.0 Å². The summed E-state index contributed by atoms with van der Waals surface area (Å²) in [5, 5.41) is 8.34. The van der Waals surface area contributed by atoms with E-state index in [2.05, 4.69) is 15.6 Å². The Morgan fingerprint density at radius 2 is 1.76 bits per heavy atom. The molecule has 0 atom stereocenters. The molecule has 0 spiro atoms. The third-order valence-corrected chi connectivity index (χ3v) is 5.70. The van der Waals surface area contributed by atoms with E-state index in [9.17, 15) is 9.59 Å². The number of ether oxygens (including phenoxy) is 3. The fraction of sp³-hybridized carbons (Fsp3) is 0.320. The Balaban J connectivity index is 1.52. The third kappa shape index (κ3) is 7.21. The molecule has 3 rings (SSSR count). The molecule has 0 saturated heterocycles. The molecule has 9 heteroatoms. The van der Waals surface area contributed by atoms with E-state index in [0.717, 1.165) is 27.6 Å². The average Bonchev–Trinajstić information content (AvgIpc) is 3.31. The summed E-state index contributed by atoms with van der Waals surface area (Å²) in [5.74, 6) is 1.46. The first-order valence-corrected chi connectivity index (χ1v) is 11.9. The topological polar surface area (TPSA) is 98.8 Å². The summed E-state index contributed by atoms with van der Waals surface area (Å²) in [6.07, 6.45) is 0.193. The monoisotopic (exact) mass is 483 g/mol. The van der Waals surface area contributed by atoms with Crippen LogP contribution < -0.4 is 24.8 Å². The van der Waals surface area contributed by atoms with Crippen molar-refractivity contribution in [2.24, 2.45) is 0 Å². The minimum Gasteiger partial charge on any atom is -0.494 e. The molecule has 34 heavy (non-hydrogen) atoms. The highest BCUT2D eigenvalue weighted by atomic mass is 32.1. The molecule has 2 N–H and O–H groups in total. The molecular weight excluding hydrogens is 454 g/mol. The van der Waals surface area contributed by atoms with Gasteiger partial charge in [0.2, 0.25) is 5.91 Å². The summed E-state index contributed by atoms with van der Waals surface area (Å²) in [4.78, 5) is 28.6. The summed E-state index contributed by atoms with van der Waals surface area (Å²) in [6, 6.07) is 13.1. The normalized spacial score (nSPS) is 10.4. The lowest BCUT2D eigenvalue weighted by atomic mass is 10.2. The van der Waals surface area contributed by atoms with Gasteiger partial charge in [-0.2, -0.15) is 0 Å². The fourth-order valence-electron chi connectivity index (χ4n) is 3.14. The van der Waals surface area contributed by atoms with Crippen LogP contribution in [0.5, 0.6) is 17.2 Å². The third-order valence-electron chi connectivity index (χ3n) is 4.76. The highest BCUT2D eigenvalue weighted by Crippen LogP contribution is 2.28. The number of benzene rings is 2. The van der Waals surface area contributed by atoms with Crippen LogP contribution in [0.15, 0.2) is 47.8 Å². The zero-order chi connectivity index (χ0) is 24.3. The Bertz CT molecular complexity index is 1100. The van der Waals surface area contributed by atoms with Crippen molar-refractivity contribution in [2.45, 2.75) is 26.8 Å². The summed E-state index contributed by atoms with van der Waals surface area (Å²) in [5.41, 5.74) is 2.56. The van der Waals surface area contributed by atoms with Gasteiger partial charge in [-0.3, -0.25) is 9.59 Å². The van der Waals surface area contributed by atoms with Gasteiger partial charge in [-0.1, -0.05) is 6.07 Å². The maximum Gasteiger partial charge on any atom is 0.257 e. The lowest BCUT2D eigenvalue weighted by Gasteiger charge is -2.12. The van der Waals surface area contributed by atoms with Crippen molar-refractivity contribution in [3.05, 3.63) is 59.1 Å². The number of hydrogen-bond donors (Lipinski definition) is 2. The molecule has 2 amide bonds. The summed E-state index contributed by atoms with van der Waals surface area (Å²) < 4.78 is 16.4. The largest absolute Gasteiger partial charge is 0.494 e. The van der Waals surface area contributed by atoms with E-state index in [1.165, 1.54) is 18.4 Å². The number of carbonyl (C=O) groups excluding carboxylic acids is 2. The van der Waals surface area contributed by atoms with Crippen LogP contribution in [0, 0.1) is 0 Å². The van der Waals surface area contributed by atoms with Gasteiger partial charge >= 0.3 is 0 Å². The molecule has 180 valence electrons. The van der Waals surface area contributed by atoms with Gasteiger partial charge in [-0.25, -0.2) is 4.98 Å². The van der Waals surface area contributed by atoms with Gasteiger partial charge in [0.1, 0.15) is 10.8 Å². The maximum absolute atomic E-state index is 12.4. The minimum absolute atomic E-state index is 0.0907. The highest BCUT2D eigenvalue weighted by Gasteiger charge is 2.11. The lowest BCUT2D eigenvalue weighted by Crippen LogP contribution is -2.28. The molecule has 2 aromatic carbocycles. The van der Waals surface area contributed by atoms with Crippen molar-refractivity contribution >= 4 is 23.2 Å². The number of thiazole rings is 1. The minimum atomic E-state index is -0.200. The number of hydrogen-bond acceptors (Lipinski definition) is 7. The van der Waals surface area contributed by atoms with Crippen molar-refractivity contribution in [1.29, 1.82) is 0 Å². The number of nitrogens with one attached hydrogen (secondary N) is 2. The lowest BCUT2D eigenvalue weighted by molar-refractivity contribution is -0.123. The Morgan fingerprint density at radius 1 is 0.971 bits per heavy atom. The van der Waals surface area contributed by atoms with Crippen molar-refractivity contribution in [2.75, 3.05) is 26.9 Å². The second-order valence-corrected chi connectivity index (χ2v) is 8.14. The van der Waals surface area contributed by atoms with E-state index < -0.39 is 0 Å². The van der Waals surface area contributed by atoms with Crippen LogP contribution in [0.1, 0.15) is 25.1 Å². The van der Waals surface area contributed by atoms with E-state index in [4.69, 9.17) is 14.2 Å². The van der Waals surface area contributed by atoms with Gasteiger partial charge in [0.05, 0.1) is 25.8 Å². The van der Waals surface area contributed by atoms with Crippen LogP contribution in [0.2, 0.25) is 0 Å². The summed E-state index contributed by atoms with van der Waals surface area (Å²) in [6.45, 7) is 5.20. The van der Waals surface area contributed by atoms with Crippen molar-refractivity contribution in [3.8, 4) is 27.8 Å². The van der Waals surface area contributed by atoms with Crippen molar-refractivity contribution in [1.82, 2.24) is 15.6 Å². The van der Waals surface area contributed by atoms with E-state index in [1.54, 1.807) is 12.1 Å². The quantitative estimate of drug-likeness (QED) is 0.409. The first kappa shape index (κ1) is 25.0. The molecule has 0 radical (unpaired) electrons. The number of rotatable bonds is 12. The van der Waals surface area contributed by atoms with Gasteiger partial charge in [0.25, 0.3) is 5.91 Å². The predicted octanol–water partition coefficient (Wildman–Crippen LogP) is 3.59. The standard InChI is InChI=1S/C25H29N3O5S/c1-4-26-24(30)15-33-21-11-6-17(12-22(21)31-3)14-27-23(29)13-19-16-34-25(28-19)18-7-9-20(10-8-18)32-5-2/h6-12,16H,4-5,13-15H2,1-3H3,(H,26,30)(H,27,29). The van der Waals surface area contributed by atoms with Crippen LogP contribution in [0.25, 0.3) is 10.6 Å². The van der Waals surface area contributed by atoms with Crippen LogP contribution in [0.4, 0.5) is 0 Å². The van der Waals surface area contributed by atoms with E-state index in [0.29, 0.717) is 31.2 Å². The Kier molecular flexibility index (Phi) is 9.28. The van der Waals surface area contributed by atoms with Gasteiger partial charge < -0.3 is 24.8 Å². The molecule has 3 aromatic rings. The predicted molar refractivity (Wildman–Crippen MR) is 131 cm³/mol. The molecule has 0 bridgehead atoms. The molecule has 0 fully saturated rings. The van der Waals surface area contributed by atoms with E-state index in [-0.39, 0.29) is 24.8 Å². The van der Waals surface area contributed by atoms with Crippen LogP contribution in [0.3, 0.4) is 0 Å². The average molecular weight is 484 g/mol. The van der Waals surface area contributed by atoms with Gasteiger partial charge in [0.15, 0.2) is 18.1 Å². The molecule has 0 aliphatic heterocycles. The van der Waals surface area contributed by atoms with E-state index in [1.807, 2.05) is 49.6 Å². The molecule has 1 aromatic heterocycles. The van der Waals surface area contributed by atoms with Crippen LogP contribution in [-0.2, 0) is 22.6 Å². The number of carbonyl (C=O) groups is 2. The van der Waals surface area contributed by atoms with Crippen molar-refractivity contribution < 1.29 is 23.8 Å². The molecule has 0 saturated carbocycles. The number of likely N-dealkylation sites (N-methyl/N-ethyl adjacent to an activating group) is 1. The summed E-state index contributed by atoms with van der Waals surface area (Å²) in [7, 11) is 1.53. The number of aromatic nitrogens is 1. The molecule has 8 nitrogen and oxygen atoms in total. The zero-order valence-corrected chi connectivity index (χ0v) is 20.4. The number of nitrogens with zero attached hydrogens (tertiary/aromatic N) is 1. The molecule has 1 heterocycles. The maximum atomic E-state index is 12.4. The smallest absolute Gasteiger partial charge is 0.257 e. The van der Waals surface area contributed by atoms with Crippen LogP contribution >= 0.6 is 11.3 Å². The SMILES string of the molecule is CCNC(=O)COc1ccc(CNC(=O)Cc2csc(-c3ccc(OCC)cc3)n2)cc1OC. The molecule has 0 unspecified atom stereocenters. The van der Waals surface area contributed by atoms with E-state index >= 15 is 0 Å². The molecule has 0 aliphatic rings. The highest BCUT2D eigenvalue weighted by molar-refractivity contribution is 7.13. The second kappa shape index (κ2) is 12.6. The molecular formula is C25H29N3O5S. The van der Waals surface area contributed by atoms with Gasteiger partial charge in [-0.05, 0) is 55.8 Å². The number of methoxy groups -OCH3 is 1. The van der Waals surface area contributed by atoms with Gasteiger partial charge in [-0.15, -0.1) is 11.3 Å². The Morgan fingerprint density at radius 3 is 2.47 bits per heavy atom. The number of amides is 2. The first-order chi connectivity index (χ1) is 16.5. The Hall–Kier alpha value is -3.59. The first-order valence-electron chi connectivity index (χ1n) is 11.0. The Labute approximate surface area is 203 Å². The zero-order valence-electron chi connectivity index (χ0n) is 19.6. The summed E-state index contributed by atoms with van der Waals surface area (Å²) >= 11 is 1.50. The molecule has 0 aliphatic carbocycles. The fourth-order valence-corrected chi connectivity index (χ4v) is 3.97. The van der Waals surface area contributed by atoms with Crippen LogP contribution in [-0.4, -0.2) is 43.7 Å². The van der Waals surface area contributed by atoms with Crippen molar-refractivity contribution in [3.63, 3.8) is 0 Å².